The summed E-state index contributed by atoms with van der Waals surface area (Å²) in [4.78, 5) is 10.5. The third-order valence-corrected chi connectivity index (χ3v) is 2.71. The monoisotopic (exact) mass is 221 g/mol. The number of hydrogen-bond donors (Lipinski definition) is 2. The van der Waals surface area contributed by atoms with Crippen LogP contribution in [0.5, 0.6) is 5.75 Å². The molecule has 1 heterocycles. The van der Waals surface area contributed by atoms with E-state index in [1.807, 2.05) is 25.1 Å². The minimum atomic E-state index is -0.767. The maximum absolute atomic E-state index is 10.5. The summed E-state index contributed by atoms with van der Waals surface area (Å²) < 4.78 is 5.64. The average molecular weight is 221 g/mol. The van der Waals surface area contributed by atoms with Gasteiger partial charge in [0.05, 0.1) is 11.7 Å². The summed E-state index contributed by atoms with van der Waals surface area (Å²) in [6.07, 6.45) is 0.755. The maximum atomic E-state index is 10.5. The number of carboxylic acid groups (broad SMARTS) is 1. The lowest BCUT2D eigenvalue weighted by Gasteiger charge is -2.28. The van der Waals surface area contributed by atoms with Crippen LogP contribution in [0.3, 0.4) is 0 Å². The second kappa shape index (κ2) is 4.43. The molecular weight excluding hydrogens is 206 g/mol. The number of nitrogens with one attached hydrogen (secondary N) is 1. The molecule has 4 heteroatoms. The molecule has 4 nitrogen and oxygen atoms in total. The van der Waals surface area contributed by atoms with Crippen molar-refractivity contribution in [3.63, 3.8) is 0 Å². The van der Waals surface area contributed by atoms with E-state index in [1.165, 1.54) is 0 Å². The van der Waals surface area contributed by atoms with Crippen LogP contribution < -0.4 is 10.1 Å². The number of carbonyl (C=O) groups is 1. The Bertz CT molecular complexity index is 403. The number of rotatable bonds is 3. The lowest BCUT2D eigenvalue weighted by molar-refractivity contribution is -0.137. The van der Waals surface area contributed by atoms with Gasteiger partial charge in [-0.1, -0.05) is 12.1 Å². The predicted octanol–water partition coefficient (Wildman–Crippen LogP) is 2.03. The van der Waals surface area contributed by atoms with Crippen molar-refractivity contribution in [1.29, 1.82) is 0 Å². The second-order valence-corrected chi connectivity index (χ2v) is 4.04. The van der Waals surface area contributed by atoms with Crippen molar-refractivity contribution in [1.82, 2.24) is 0 Å². The summed E-state index contributed by atoms with van der Waals surface area (Å²) in [5.41, 5.74) is 2.06. The molecule has 1 aliphatic rings. The van der Waals surface area contributed by atoms with E-state index < -0.39 is 5.97 Å². The number of benzene rings is 1. The van der Waals surface area contributed by atoms with Gasteiger partial charge in [0.1, 0.15) is 12.4 Å². The van der Waals surface area contributed by atoms with Crippen LogP contribution in [0.2, 0.25) is 0 Å². The third-order valence-electron chi connectivity index (χ3n) is 2.71. The van der Waals surface area contributed by atoms with E-state index >= 15 is 0 Å². The molecule has 0 saturated carbocycles. The Labute approximate surface area is 94.2 Å². The van der Waals surface area contributed by atoms with E-state index in [0.29, 0.717) is 13.0 Å². The van der Waals surface area contributed by atoms with E-state index in [-0.39, 0.29) is 12.5 Å². The molecule has 16 heavy (non-hydrogen) atoms. The smallest absolute Gasteiger partial charge is 0.303 e. The van der Waals surface area contributed by atoms with Gasteiger partial charge in [0, 0.05) is 6.42 Å². The molecule has 0 spiro atoms. The van der Waals surface area contributed by atoms with Crippen LogP contribution in [-0.2, 0) is 4.79 Å². The molecule has 2 N–H and O–H groups in total. The predicted molar refractivity (Wildman–Crippen MR) is 61.0 cm³/mol. The van der Waals surface area contributed by atoms with Crippen molar-refractivity contribution in [2.75, 3.05) is 11.9 Å². The summed E-state index contributed by atoms with van der Waals surface area (Å²) in [7, 11) is 0. The zero-order valence-electron chi connectivity index (χ0n) is 9.19. The van der Waals surface area contributed by atoms with E-state index in [1.54, 1.807) is 0 Å². The molecule has 0 aromatic heterocycles. The molecule has 1 aliphatic heterocycles. The highest BCUT2D eigenvalue weighted by Crippen LogP contribution is 2.32. The van der Waals surface area contributed by atoms with Gasteiger partial charge < -0.3 is 15.2 Å². The number of hydrogen-bond acceptors (Lipinski definition) is 3. The van der Waals surface area contributed by atoms with Crippen molar-refractivity contribution in [2.45, 2.75) is 25.8 Å². The van der Waals surface area contributed by atoms with Gasteiger partial charge in [0.15, 0.2) is 0 Å². The number of anilines is 1. The van der Waals surface area contributed by atoms with E-state index in [9.17, 15) is 4.79 Å². The first-order valence-corrected chi connectivity index (χ1v) is 5.37. The SMILES string of the molecule is Cc1cccc2c1OCC(CCC(=O)O)N2. The largest absolute Gasteiger partial charge is 0.489 e. The molecule has 2 rings (SSSR count). The third kappa shape index (κ3) is 2.27. The molecular formula is C12H15NO3. The average Bonchev–Trinajstić information content (AvgIpc) is 2.26. The lowest BCUT2D eigenvalue weighted by atomic mass is 10.1. The zero-order valence-corrected chi connectivity index (χ0v) is 9.19. The van der Waals surface area contributed by atoms with Gasteiger partial charge in [-0.15, -0.1) is 0 Å². The highest BCUT2D eigenvalue weighted by atomic mass is 16.5. The van der Waals surface area contributed by atoms with Gasteiger partial charge >= 0.3 is 5.97 Å². The van der Waals surface area contributed by atoms with Gasteiger partial charge in [0.25, 0.3) is 0 Å². The molecule has 1 aromatic rings. The van der Waals surface area contributed by atoms with Crippen LogP contribution in [0, 0.1) is 6.92 Å². The van der Waals surface area contributed by atoms with Crippen LogP contribution in [0.4, 0.5) is 5.69 Å². The van der Waals surface area contributed by atoms with Gasteiger partial charge in [-0.05, 0) is 25.0 Å². The minimum Gasteiger partial charge on any atom is -0.489 e. The molecule has 0 radical (unpaired) electrons. The van der Waals surface area contributed by atoms with Crippen molar-refractivity contribution < 1.29 is 14.6 Å². The van der Waals surface area contributed by atoms with E-state index in [2.05, 4.69) is 5.32 Å². The fraction of sp³-hybridized carbons (Fsp3) is 0.417. The number of aliphatic carboxylic acids is 1. The summed E-state index contributed by atoms with van der Waals surface area (Å²) in [5, 5.41) is 11.9. The number of carboxylic acids is 1. The van der Waals surface area contributed by atoms with Crippen LogP contribution in [0.1, 0.15) is 18.4 Å². The zero-order chi connectivity index (χ0) is 11.5. The Balaban J connectivity index is 2.04. The van der Waals surface area contributed by atoms with Gasteiger partial charge in [-0.2, -0.15) is 0 Å². The Hall–Kier alpha value is -1.71. The van der Waals surface area contributed by atoms with Crippen LogP contribution in [0.25, 0.3) is 0 Å². The number of para-hydroxylation sites is 1. The number of ether oxygens (including phenoxy) is 1. The maximum Gasteiger partial charge on any atom is 0.303 e. The fourth-order valence-electron chi connectivity index (χ4n) is 1.86. The number of fused-ring (bicyclic) bond motifs is 1. The Morgan fingerprint density at radius 2 is 2.44 bits per heavy atom. The Morgan fingerprint density at radius 3 is 3.19 bits per heavy atom. The quantitative estimate of drug-likeness (QED) is 0.820. The van der Waals surface area contributed by atoms with Crippen molar-refractivity contribution in [3.8, 4) is 5.75 Å². The van der Waals surface area contributed by atoms with Gasteiger partial charge in [0.2, 0.25) is 0 Å². The Kier molecular flexibility index (Phi) is 2.99. The summed E-state index contributed by atoms with van der Waals surface area (Å²) in [6, 6.07) is 6.00. The van der Waals surface area contributed by atoms with Crippen molar-refractivity contribution in [2.24, 2.45) is 0 Å². The first kappa shape index (κ1) is 10.8. The number of aryl methyl sites for hydroxylation is 1. The topological polar surface area (TPSA) is 58.6 Å². The highest BCUT2D eigenvalue weighted by molar-refractivity contribution is 5.67. The van der Waals surface area contributed by atoms with Gasteiger partial charge in [-0.25, -0.2) is 0 Å². The molecule has 0 amide bonds. The van der Waals surface area contributed by atoms with Crippen molar-refractivity contribution >= 4 is 11.7 Å². The molecule has 0 bridgehead atoms. The summed E-state index contributed by atoms with van der Waals surface area (Å²) >= 11 is 0. The van der Waals surface area contributed by atoms with Crippen LogP contribution in [-0.4, -0.2) is 23.7 Å². The lowest BCUT2D eigenvalue weighted by Crippen LogP contribution is -2.32. The summed E-state index contributed by atoms with van der Waals surface area (Å²) in [5.74, 6) is 0.117. The molecule has 1 atom stereocenters. The first-order chi connectivity index (χ1) is 7.66. The molecule has 0 aliphatic carbocycles. The normalized spacial score (nSPS) is 18.2. The molecule has 86 valence electrons. The Morgan fingerprint density at radius 1 is 1.62 bits per heavy atom. The fourth-order valence-corrected chi connectivity index (χ4v) is 1.86. The van der Waals surface area contributed by atoms with E-state index in [0.717, 1.165) is 17.0 Å². The molecule has 1 aromatic carbocycles. The standard InChI is InChI=1S/C12H15NO3/c1-8-3-2-4-10-12(8)16-7-9(13-10)5-6-11(14)15/h2-4,9,13H,5-7H2,1H3,(H,14,15). The van der Waals surface area contributed by atoms with Gasteiger partial charge in [-0.3, -0.25) is 4.79 Å². The van der Waals surface area contributed by atoms with Crippen molar-refractivity contribution in [3.05, 3.63) is 23.8 Å². The second-order valence-electron chi connectivity index (χ2n) is 4.04. The molecule has 0 saturated heterocycles. The highest BCUT2D eigenvalue weighted by Gasteiger charge is 2.20. The van der Waals surface area contributed by atoms with Crippen LogP contribution >= 0.6 is 0 Å². The molecule has 1 unspecified atom stereocenters. The first-order valence-electron chi connectivity index (χ1n) is 5.37. The molecule has 0 fully saturated rings. The summed E-state index contributed by atoms with van der Waals surface area (Å²) in [6.45, 7) is 2.53. The van der Waals surface area contributed by atoms with Crippen LogP contribution in [0.15, 0.2) is 18.2 Å². The minimum absolute atomic E-state index is 0.0883. The van der Waals surface area contributed by atoms with E-state index in [4.69, 9.17) is 9.84 Å².